The van der Waals surface area contributed by atoms with Crippen LogP contribution in [0.5, 0.6) is 0 Å². The number of aryl methyl sites for hydroxylation is 3. The first-order valence-corrected chi connectivity index (χ1v) is 11.7. The molecule has 0 saturated carbocycles. The van der Waals surface area contributed by atoms with Crippen LogP contribution in [0.4, 0.5) is 5.69 Å². The zero-order chi connectivity index (χ0) is 23.2. The van der Waals surface area contributed by atoms with Gasteiger partial charge in [0, 0.05) is 43.5 Å². The number of benzene rings is 3. The van der Waals surface area contributed by atoms with Gasteiger partial charge in [-0.25, -0.2) is 0 Å². The van der Waals surface area contributed by atoms with E-state index in [1.807, 2.05) is 6.92 Å². The zero-order valence-electron chi connectivity index (χ0n) is 19.8. The molecule has 4 rings (SSSR count). The second-order valence-electron chi connectivity index (χ2n) is 8.58. The number of nitrogens with zero attached hydrogens (tertiary/aromatic N) is 2. The Kier molecular flexibility index (Phi) is 7.13. The molecule has 0 spiro atoms. The van der Waals surface area contributed by atoms with Crippen LogP contribution in [0.15, 0.2) is 79.0 Å². The van der Waals surface area contributed by atoms with E-state index >= 15 is 0 Å². The van der Waals surface area contributed by atoms with Crippen LogP contribution in [0.3, 0.4) is 0 Å². The Morgan fingerprint density at radius 1 is 0.879 bits per heavy atom. The highest BCUT2D eigenvalue weighted by atomic mass is 16.5. The van der Waals surface area contributed by atoms with Crippen molar-refractivity contribution >= 4 is 22.6 Å². The fourth-order valence-electron chi connectivity index (χ4n) is 4.24. The molecule has 1 aromatic heterocycles. The number of esters is 1. The van der Waals surface area contributed by atoms with E-state index in [1.54, 1.807) is 0 Å². The second-order valence-corrected chi connectivity index (χ2v) is 8.58. The van der Waals surface area contributed by atoms with E-state index in [0.717, 1.165) is 24.1 Å². The van der Waals surface area contributed by atoms with E-state index in [4.69, 9.17) is 4.74 Å². The molecule has 0 aliphatic carbocycles. The van der Waals surface area contributed by atoms with E-state index in [1.165, 1.54) is 27.7 Å². The molecule has 0 saturated heterocycles. The number of aromatic nitrogens is 1. The quantitative estimate of drug-likeness (QED) is 0.300. The SMILES string of the molecule is CCOC(=O)CCc1ccc2c(c1)c(CCc1ccccc1)cn2-c1cccc(N(C)C)c1. The minimum atomic E-state index is -0.139. The number of carbonyl (C=O) groups excluding carboxylic acids is 1. The summed E-state index contributed by atoms with van der Waals surface area (Å²) in [4.78, 5) is 14.0. The summed E-state index contributed by atoms with van der Waals surface area (Å²) < 4.78 is 7.40. The van der Waals surface area contributed by atoms with Crippen LogP contribution < -0.4 is 4.90 Å². The van der Waals surface area contributed by atoms with Gasteiger partial charge in [-0.1, -0.05) is 42.5 Å². The Balaban J connectivity index is 1.70. The second kappa shape index (κ2) is 10.4. The molecular formula is C29H32N2O2. The smallest absolute Gasteiger partial charge is 0.306 e. The van der Waals surface area contributed by atoms with Crippen molar-refractivity contribution in [2.24, 2.45) is 0 Å². The Labute approximate surface area is 196 Å². The Hall–Kier alpha value is -3.53. The predicted octanol–water partition coefficient (Wildman–Crippen LogP) is 5.98. The highest BCUT2D eigenvalue weighted by molar-refractivity contribution is 5.87. The summed E-state index contributed by atoms with van der Waals surface area (Å²) in [6.45, 7) is 2.27. The molecule has 0 unspecified atom stereocenters. The summed E-state index contributed by atoms with van der Waals surface area (Å²) in [6, 6.07) is 25.8. The molecule has 0 N–H and O–H groups in total. The van der Waals surface area contributed by atoms with Gasteiger partial charge < -0.3 is 14.2 Å². The third-order valence-electron chi connectivity index (χ3n) is 6.02. The first-order chi connectivity index (χ1) is 16.0. The van der Waals surface area contributed by atoms with Crippen LogP contribution in [0.2, 0.25) is 0 Å². The van der Waals surface area contributed by atoms with Gasteiger partial charge in [-0.05, 0) is 73.2 Å². The first-order valence-electron chi connectivity index (χ1n) is 11.7. The summed E-state index contributed by atoms with van der Waals surface area (Å²) in [5, 5.41) is 1.25. The van der Waals surface area contributed by atoms with Gasteiger partial charge in [0.1, 0.15) is 0 Å². The molecule has 0 atom stereocenters. The van der Waals surface area contributed by atoms with Gasteiger partial charge in [-0.15, -0.1) is 0 Å². The largest absolute Gasteiger partial charge is 0.466 e. The van der Waals surface area contributed by atoms with Crippen molar-refractivity contribution in [1.82, 2.24) is 4.57 Å². The molecule has 0 aliphatic rings. The lowest BCUT2D eigenvalue weighted by atomic mass is 10.0. The van der Waals surface area contributed by atoms with Gasteiger partial charge in [-0.3, -0.25) is 4.79 Å². The average Bonchev–Trinajstić information content (AvgIpc) is 3.20. The molecule has 4 nitrogen and oxygen atoms in total. The van der Waals surface area contributed by atoms with Crippen LogP contribution in [-0.4, -0.2) is 31.2 Å². The maximum absolute atomic E-state index is 11.9. The van der Waals surface area contributed by atoms with E-state index in [0.29, 0.717) is 19.4 Å². The normalized spacial score (nSPS) is 11.0. The number of carbonyl (C=O) groups is 1. The van der Waals surface area contributed by atoms with Crippen molar-refractivity contribution in [1.29, 1.82) is 0 Å². The fourth-order valence-corrected chi connectivity index (χ4v) is 4.24. The first kappa shape index (κ1) is 22.7. The summed E-state index contributed by atoms with van der Waals surface area (Å²) in [5.41, 5.74) is 7.33. The number of fused-ring (bicyclic) bond motifs is 1. The van der Waals surface area contributed by atoms with Crippen LogP contribution in [0.1, 0.15) is 30.0 Å². The number of rotatable bonds is 9. The minimum absolute atomic E-state index is 0.139. The molecule has 0 fully saturated rings. The fraction of sp³-hybridized carbons (Fsp3) is 0.276. The zero-order valence-corrected chi connectivity index (χ0v) is 19.8. The van der Waals surface area contributed by atoms with Crippen LogP contribution in [0, 0.1) is 0 Å². The molecule has 4 heteroatoms. The minimum Gasteiger partial charge on any atom is -0.466 e. The molecule has 4 aromatic rings. The summed E-state index contributed by atoms with van der Waals surface area (Å²) in [7, 11) is 4.13. The molecule has 33 heavy (non-hydrogen) atoms. The molecule has 0 amide bonds. The molecule has 0 aliphatic heterocycles. The van der Waals surface area contributed by atoms with Crippen molar-refractivity contribution in [2.45, 2.75) is 32.6 Å². The summed E-state index contributed by atoms with van der Waals surface area (Å²) in [6.07, 6.45) is 5.32. The number of ether oxygens (including phenoxy) is 1. The Bertz CT molecular complexity index is 1230. The summed E-state index contributed by atoms with van der Waals surface area (Å²) in [5.74, 6) is -0.139. The van der Waals surface area contributed by atoms with Crippen LogP contribution in [-0.2, 0) is 28.8 Å². The number of hydrogen-bond donors (Lipinski definition) is 0. The molecule has 0 radical (unpaired) electrons. The number of hydrogen-bond acceptors (Lipinski definition) is 3. The van der Waals surface area contributed by atoms with Crippen LogP contribution in [0.25, 0.3) is 16.6 Å². The van der Waals surface area contributed by atoms with Crippen molar-refractivity contribution in [3.8, 4) is 5.69 Å². The van der Waals surface area contributed by atoms with E-state index in [2.05, 4.69) is 103 Å². The third kappa shape index (κ3) is 5.46. The average molecular weight is 441 g/mol. The van der Waals surface area contributed by atoms with Crippen molar-refractivity contribution in [3.63, 3.8) is 0 Å². The monoisotopic (exact) mass is 440 g/mol. The van der Waals surface area contributed by atoms with Gasteiger partial charge in [0.05, 0.1) is 12.1 Å². The van der Waals surface area contributed by atoms with Crippen LogP contribution >= 0.6 is 0 Å². The highest BCUT2D eigenvalue weighted by Crippen LogP contribution is 2.29. The third-order valence-corrected chi connectivity index (χ3v) is 6.02. The standard InChI is InChI=1S/C29H32N2O2/c1-4-33-29(32)18-15-23-14-17-28-27(19-23)24(16-13-22-9-6-5-7-10-22)21-31(28)26-12-8-11-25(20-26)30(2)3/h5-12,14,17,19-21H,4,13,15-16,18H2,1-3H3. The molecule has 3 aromatic carbocycles. The lowest BCUT2D eigenvalue weighted by molar-refractivity contribution is -0.143. The maximum Gasteiger partial charge on any atom is 0.306 e. The Morgan fingerprint density at radius 2 is 1.70 bits per heavy atom. The topological polar surface area (TPSA) is 34.5 Å². The van der Waals surface area contributed by atoms with Gasteiger partial charge in [-0.2, -0.15) is 0 Å². The van der Waals surface area contributed by atoms with Gasteiger partial charge >= 0.3 is 5.97 Å². The van der Waals surface area contributed by atoms with Gasteiger partial charge in [0.2, 0.25) is 0 Å². The van der Waals surface area contributed by atoms with Gasteiger partial charge in [0.15, 0.2) is 0 Å². The van der Waals surface area contributed by atoms with E-state index < -0.39 is 0 Å². The van der Waals surface area contributed by atoms with Crippen molar-refractivity contribution in [3.05, 3.63) is 95.7 Å². The van der Waals surface area contributed by atoms with Crippen molar-refractivity contribution in [2.75, 3.05) is 25.6 Å². The molecular weight excluding hydrogens is 408 g/mol. The maximum atomic E-state index is 11.9. The molecule has 0 bridgehead atoms. The van der Waals surface area contributed by atoms with Gasteiger partial charge in [0.25, 0.3) is 0 Å². The Morgan fingerprint density at radius 3 is 2.45 bits per heavy atom. The number of anilines is 1. The van der Waals surface area contributed by atoms with Crippen molar-refractivity contribution < 1.29 is 9.53 Å². The lowest BCUT2D eigenvalue weighted by Gasteiger charge is -2.14. The highest BCUT2D eigenvalue weighted by Gasteiger charge is 2.13. The molecule has 1 heterocycles. The predicted molar refractivity (Wildman–Crippen MR) is 136 cm³/mol. The van der Waals surface area contributed by atoms with E-state index in [-0.39, 0.29) is 5.97 Å². The van der Waals surface area contributed by atoms with E-state index in [9.17, 15) is 4.79 Å². The summed E-state index contributed by atoms with van der Waals surface area (Å²) >= 11 is 0. The molecule has 170 valence electrons. The lowest BCUT2D eigenvalue weighted by Crippen LogP contribution is -2.08.